The quantitative estimate of drug-likeness (QED) is 0.324. The van der Waals surface area contributed by atoms with Crippen molar-refractivity contribution in [3.63, 3.8) is 0 Å². The molecule has 3 rings (SSSR count). The van der Waals surface area contributed by atoms with Crippen molar-refractivity contribution in [2.24, 2.45) is 5.92 Å². The number of nitrogens with zero attached hydrogens (tertiary/aromatic N) is 1. The molecule has 1 N–H and O–H groups in total. The Labute approximate surface area is 210 Å². The third kappa shape index (κ3) is 7.43. The minimum atomic E-state index is -3.55. The van der Waals surface area contributed by atoms with E-state index in [1.807, 2.05) is 66.7 Å². The lowest BCUT2D eigenvalue weighted by Gasteiger charge is -2.25. The molecule has 0 heterocycles. The summed E-state index contributed by atoms with van der Waals surface area (Å²) in [4.78, 5) is 12.6. The third-order valence-electron chi connectivity index (χ3n) is 6.29. The van der Waals surface area contributed by atoms with Gasteiger partial charge in [-0.05, 0) is 41.7 Å². The molecule has 0 aromatic heterocycles. The van der Waals surface area contributed by atoms with Gasteiger partial charge in [-0.3, -0.25) is 9.10 Å². The van der Waals surface area contributed by atoms with Gasteiger partial charge < -0.3 is 5.32 Å². The predicted molar refractivity (Wildman–Crippen MR) is 145 cm³/mol. The Bertz CT molecular complexity index is 1190. The fourth-order valence-electron chi connectivity index (χ4n) is 4.14. The Morgan fingerprint density at radius 3 is 2.20 bits per heavy atom. The first-order valence-corrected chi connectivity index (χ1v) is 14.2. The van der Waals surface area contributed by atoms with Crippen molar-refractivity contribution in [2.45, 2.75) is 46.1 Å². The summed E-state index contributed by atoms with van der Waals surface area (Å²) in [5, 5.41) is 3.05. The predicted octanol–water partition coefficient (Wildman–Crippen LogP) is 6.27. The van der Waals surface area contributed by atoms with Crippen molar-refractivity contribution >= 4 is 21.6 Å². The van der Waals surface area contributed by atoms with E-state index in [-0.39, 0.29) is 12.5 Å². The molecule has 1 atom stereocenters. The third-order valence-corrected chi connectivity index (χ3v) is 7.42. The molecule has 0 unspecified atom stereocenters. The molecule has 0 spiro atoms. The number of hydrogen-bond acceptors (Lipinski definition) is 3. The van der Waals surface area contributed by atoms with Crippen LogP contribution < -0.4 is 9.62 Å². The van der Waals surface area contributed by atoms with Crippen LogP contribution in [0.2, 0.25) is 0 Å². The molecule has 186 valence electrons. The number of benzene rings is 3. The summed E-state index contributed by atoms with van der Waals surface area (Å²) in [7, 11) is -3.55. The zero-order valence-corrected chi connectivity index (χ0v) is 21.7. The molecule has 1 amide bonds. The van der Waals surface area contributed by atoms with Crippen LogP contribution in [0.15, 0.2) is 78.9 Å². The Balaban J connectivity index is 1.77. The van der Waals surface area contributed by atoms with Crippen molar-refractivity contribution in [1.29, 1.82) is 0 Å². The summed E-state index contributed by atoms with van der Waals surface area (Å²) in [5.41, 5.74) is 3.82. The standard InChI is InChI=1S/C29H36N2O3S/c1-4-6-12-23(5-2)21-30-29(32)26-19-17-24(18-20-26)22-31(35(3,33)34)28-16-11-10-15-27(28)25-13-8-7-9-14-25/h7-11,13-20,23H,4-6,12,21-22H2,1-3H3,(H,30,32)/t23-/m1/s1. The van der Waals surface area contributed by atoms with Gasteiger partial charge in [-0.2, -0.15) is 0 Å². The molecule has 0 aliphatic heterocycles. The molecular formula is C29H36N2O3S. The molecule has 0 saturated carbocycles. The fourth-order valence-corrected chi connectivity index (χ4v) is 5.04. The maximum atomic E-state index is 12.8. The van der Waals surface area contributed by atoms with Gasteiger partial charge in [0.15, 0.2) is 0 Å². The van der Waals surface area contributed by atoms with E-state index < -0.39 is 10.0 Å². The second kappa shape index (κ2) is 12.5. The molecular weight excluding hydrogens is 456 g/mol. The average Bonchev–Trinajstić information content (AvgIpc) is 2.87. The highest BCUT2D eigenvalue weighted by atomic mass is 32.2. The molecule has 0 radical (unpaired) electrons. The number of nitrogens with one attached hydrogen (secondary N) is 1. The average molecular weight is 493 g/mol. The summed E-state index contributed by atoms with van der Waals surface area (Å²) in [6.07, 6.45) is 5.72. The number of rotatable bonds is 12. The summed E-state index contributed by atoms with van der Waals surface area (Å²) in [6.45, 7) is 5.19. The van der Waals surface area contributed by atoms with Crippen LogP contribution >= 0.6 is 0 Å². The van der Waals surface area contributed by atoms with Gasteiger partial charge in [0.2, 0.25) is 10.0 Å². The summed E-state index contributed by atoms with van der Waals surface area (Å²) in [6, 6.07) is 24.4. The largest absolute Gasteiger partial charge is 0.352 e. The first kappa shape index (κ1) is 26.5. The summed E-state index contributed by atoms with van der Waals surface area (Å²) in [5.74, 6) is 0.395. The van der Waals surface area contributed by atoms with Crippen LogP contribution in [0.4, 0.5) is 5.69 Å². The van der Waals surface area contributed by atoms with E-state index >= 15 is 0 Å². The summed E-state index contributed by atoms with van der Waals surface area (Å²) >= 11 is 0. The topological polar surface area (TPSA) is 66.5 Å². The smallest absolute Gasteiger partial charge is 0.251 e. The van der Waals surface area contributed by atoms with Crippen molar-refractivity contribution in [1.82, 2.24) is 5.32 Å². The number of anilines is 1. The van der Waals surface area contributed by atoms with E-state index in [1.165, 1.54) is 17.0 Å². The Hall–Kier alpha value is -3.12. The molecule has 6 heteroatoms. The van der Waals surface area contributed by atoms with Crippen molar-refractivity contribution in [3.8, 4) is 11.1 Å². The van der Waals surface area contributed by atoms with Gasteiger partial charge in [-0.15, -0.1) is 0 Å². The molecule has 5 nitrogen and oxygen atoms in total. The van der Waals surface area contributed by atoms with Gasteiger partial charge in [0.1, 0.15) is 0 Å². The molecule has 0 fully saturated rings. The lowest BCUT2D eigenvalue weighted by Crippen LogP contribution is -2.30. The number of para-hydroxylation sites is 1. The van der Waals surface area contributed by atoms with Crippen LogP contribution in [-0.2, 0) is 16.6 Å². The fraction of sp³-hybridized carbons (Fsp3) is 0.345. The van der Waals surface area contributed by atoms with Crippen LogP contribution in [0, 0.1) is 5.92 Å². The van der Waals surface area contributed by atoms with Crippen molar-refractivity contribution in [3.05, 3.63) is 90.0 Å². The monoisotopic (exact) mass is 492 g/mol. The first-order valence-electron chi connectivity index (χ1n) is 12.3. The SMILES string of the molecule is CCCC[C@@H](CC)CNC(=O)c1ccc(CN(c2ccccc2-c2ccccc2)S(C)(=O)=O)cc1. The van der Waals surface area contributed by atoms with E-state index in [2.05, 4.69) is 19.2 Å². The second-order valence-electron chi connectivity index (χ2n) is 8.98. The highest BCUT2D eigenvalue weighted by Crippen LogP contribution is 2.33. The van der Waals surface area contributed by atoms with Gasteiger partial charge in [-0.1, -0.05) is 93.8 Å². The lowest BCUT2D eigenvalue weighted by molar-refractivity contribution is 0.0946. The number of unbranched alkanes of at least 4 members (excludes halogenated alkanes) is 1. The maximum Gasteiger partial charge on any atom is 0.251 e. The molecule has 0 aliphatic rings. The van der Waals surface area contributed by atoms with Gasteiger partial charge >= 0.3 is 0 Å². The van der Waals surface area contributed by atoms with Gasteiger partial charge in [0.25, 0.3) is 5.91 Å². The zero-order valence-electron chi connectivity index (χ0n) is 20.9. The number of amides is 1. The van der Waals surface area contributed by atoms with Crippen molar-refractivity contribution in [2.75, 3.05) is 17.1 Å². The minimum absolute atomic E-state index is 0.0964. The van der Waals surface area contributed by atoms with Crippen LogP contribution in [0.1, 0.15) is 55.5 Å². The van der Waals surface area contributed by atoms with Gasteiger partial charge in [0, 0.05) is 17.7 Å². The summed E-state index contributed by atoms with van der Waals surface area (Å²) < 4.78 is 27.0. The number of carbonyl (C=O) groups excluding carboxylic acids is 1. The Morgan fingerprint density at radius 1 is 0.914 bits per heavy atom. The Kier molecular flexibility index (Phi) is 9.49. The van der Waals surface area contributed by atoms with E-state index in [9.17, 15) is 13.2 Å². The highest BCUT2D eigenvalue weighted by molar-refractivity contribution is 7.92. The number of sulfonamides is 1. The molecule has 3 aromatic rings. The number of carbonyl (C=O) groups is 1. The van der Waals surface area contributed by atoms with E-state index in [0.717, 1.165) is 36.0 Å². The Morgan fingerprint density at radius 2 is 1.57 bits per heavy atom. The molecule has 0 bridgehead atoms. The molecule has 3 aromatic carbocycles. The zero-order chi connectivity index (χ0) is 25.3. The van der Waals surface area contributed by atoms with E-state index in [1.54, 1.807) is 12.1 Å². The minimum Gasteiger partial charge on any atom is -0.352 e. The highest BCUT2D eigenvalue weighted by Gasteiger charge is 2.21. The van der Waals surface area contributed by atoms with E-state index in [4.69, 9.17) is 0 Å². The molecule has 0 aliphatic carbocycles. The second-order valence-corrected chi connectivity index (χ2v) is 10.9. The maximum absolute atomic E-state index is 12.8. The van der Waals surface area contributed by atoms with Crippen LogP contribution in [0.5, 0.6) is 0 Å². The van der Waals surface area contributed by atoms with E-state index in [0.29, 0.717) is 23.7 Å². The molecule has 35 heavy (non-hydrogen) atoms. The van der Waals surface area contributed by atoms with Gasteiger partial charge in [-0.25, -0.2) is 8.42 Å². The van der Waals surface area contributed by atoms with Crippen molar-refractivity contribution < 1.29 is 13.2 Å². The molecule has 0 saturated heterocycles. The van der Waals surface area contributed by atoms with Crippen LogP contribution in [0.25, 0.3) is 11.1 Å². The normalized spacial score (nSPS) is 12.2. The van der Waals surface area contributed by atoms with Crippen LogP contribution in [-0.4, -0.2) is 27.1 Å². The number of hydrogen-bond donors (Lipinski definition) is 1. The lowest BCUT2D eigenvalue weighted by atomic mass is 9.99. The first-order chi connectivity index (χ1) is 16.8. The van der Waals surface area contributed by atoms with Gasteiger partial charge in [0.05, 0.1) is 18.5 Å². The van der Waals surface area contributed by atoms with Crippen LogP contribution in [0.3, 0.4) is 0 Å².